The fourth-order valence-corrected chi connectivity index (χ4v) is 1.58. The normalized spacial score (nSPS) is 12.1. The average molecular weight is 209 g/mol. The molecule has 0 atom stereocenters. The zero-order valence-electron chi connectivity index (χ0n) is 10.6. The van der Waals surface area contributed by atoms with E-state index < -0.39 is 0 Å². The van der Waals surface area contributed by atoms with Crippen LogP contribution in [0.15, 0.2) is 6.20 Å². The Kier molecular flexibility index (Phi) is 3.91. The van der Waals surface area contributed by atoms with Crippen molar-refractivity contribution < 1.29 is 0 Å². The Morgan fingerprint density at radius 1 is 1.40 bits per heavy atom. The van der Waals surface area contributed by atoms with Crippen LogP contribution < -0.4 is 5.32 Å². The summed E-state index contributed by atoms with van der Waals surface area (Å²) in [5.74, 6) is 0. The minimum atomic E-state index is 0.166. The Hall–Kier alpha value is -0.830. The first kappa shape index (κ1) is 12.2. The zero-order valence-corrected chi connectivity index (χ0v) is 10.6. The molecule has 15 heavy (non-hydrogen) atoms. The molecular weight excluding hydrogens is 186 g/mol. The van der Waals surface area contributed by atoms with Gasteiger partial charge in [-0.1, -0.05) is 13.3 Å². The molecule has 0 saturated carbocycles. The quantitative estimate of drug-likeness (QED) is 0.824. The van der Waals surface area contributed by atoms with Gasteiger partial charge in [0.1, 0.15) is 0 Å². The largest absolute Gasteiger partial charge is 0.308 e. The van der Waals surface area contributed by atoms with Gasteiger partial charge >= 0.3 is 0 Å². The second kappa shape index (κ2) is 4.79. The molecule has 0 aliphatic rings. The number of hydrogen-bond acceptors (Lipinski definition) is 2. The third-order valence-electron chi connectivity index (χ3n) is 2.44. The molecule has 0 saturated heterocycles. The van der Waals surface area contributed by atoms with E-state index in [-0.39, 0.29) is 5.54 Å². The lowest BCUT2D eigenvalue weighted by Gasteiger charge is -2.20. The van der Waals surface area contributed by atoms with E-state index in [1.165, 1.54) is 17.7 Å². The standard InChI is InChI=1S/C12H23N3/c1-6-7-11-10(9-14-15(11)5)8-13-12(2,3)4/h9,13H,6-8H2,1-5H3. The summed E-state index contributed by atoms with van der Waals surface area (Å²) in [5.41, 5.74) is 2.85. The van der Waals surface area contributed by atoms with Gasteiger partial charge in [0.15, 0.2) is 0 Å². The third kappa shape index (κ3) is 3.67. The zero-order chi connectivity index (χ0) is 11.5. The van der Waals surface area contributed by atoms with Gasteiger partial charge in [0, 0.05) is 30.4 Å². The van der Waals surface area contributed by atoms with E-state index in [2.05, 4.69) is 38.1 Å². The maximum Gasteiger partial charge on any atom is 0.0537 e. The van der Waals surface area contributed by atoms with Crippen molar-refractivity contribution >= 4 is 0 Å². The molecule has 1 rings (SSSR count). The van der Waals surface area contributed by atoms with Gasteiger partial charge in [0.25, 0.3) is 0 Å². The monoisotopic (exact) mass is 209 g/mol. The average Bonchev–Trinajstić information content (AvgIpc) is 2.45. The van der Waals surface area contributed by atoms with E-state index in [0.717, 1.165) is 13.0 Å². The van der Waals surface area contributed by atoms with Crippen LogP contribution in [0, 0.1) is 0 Å². The minimum Gasteiger partial charge on any atom is -0.308 e. The molecule has 0 amide bonds. The highest BCUT2D eigenvalue weighted by atomic mass is 15.3. The van der Waals surface area contributed by atoms with E-state index in [4.69, 9.17) is 0 Å². The molecule has 86 valence electrons. The summed E-state index contributed by atoms with van der Waals surface area (Å²) in [5, 5.41) is 7.81. The van der Waals surface area contributed by atoms with Gasteiger partial charge in [-0.2, -0.15) is 5.10 Å². The van der Waals surface area contributed by atoms with Crippen molar-refractivity contribution in [3.05, 3.63) is 17.5 Å². The molecule has 0 spiro atoms. The molecule has 0 unspecified atom stereocenters. The van der Waals surface area contributed by atoms with Crippen LogP contribution in [-0.2, 0) is 20.0 Å². The van der Waals surface area contributed by atoms with E-state index in [0.29, 0.717) is 0 Å². The SMILES string of the molecule is CCCc1c(CNC(C)(C)C)cnn1C. The van der Waals surface area contributed by atoms with Crippen molar-refractivity contribution in [1.29, 1.82) is 0 Å². The molecule has 0 aliphatic heterocycles. The number of hydrogen-bond donors (Lipinski definition) is 1. The maximum atomic E-state index is 4.31. The Labute approximate surface area is 92.9 Å². The second-order valence-corrected chi connectivity index (χ2v) is 5.09. The Balaban J connectivity index is 2.68. The minimum absolute atomic E-state index is 0.166. The first-order valence-electron chi connectivity index (χ1n) is 5.69. The van der Waals surface area contributed by atoms with Crippen molar-refractivity contribution in [3.63, 3.8) is 0 Å². The van der Waals surface area contributed by atoms with Crippen molar-refractivity contribution in [2.45, 2.75) is 52.6 Å². The van der Waals surface area contributed by atoms with Crippen LogP contribution in [0.5, 0.6) is 0 Å². The Bertz CT molecular complexity index is 307. The van der Waals surface area contributed by atoms with E-state index in [1.54, 1.807) is 0 Å². The van der Waals surface area contributed by atoms with E-state index in [9.17, 15) is 0 Å². The van der Waals surface area contributed by atoms with Gasteiger partial charge in [-0.15, -0.1) is 0 Å². The van der Waals surface area contributed by atoms with Crippen molar-refractivity contribution in [2.75, 3.05) is 0 Å². The highest BCUT2D eigenvalue weighted by molar-refractivity contribution is 5.17. The predicted molar refractivity (Wildman–Crippen MR) is 63.8 cm³/mol. The van der Waals surface area contributed by atoms with Gasteiger partial charge in [0.2, 0.25) is 0 Å². The van der Waals surface area contributed by atoms with E-state index in [1.807, 2.05) is 17.9 Å². The van der Waals surface area contributed by atoms with E-state index >= 15 is 0 Å². The Morgan fingerprint density at radius 3 is 2.60 bits per heavy atom. The number of aromatic nitrogens is 2. The lowest BCUT2D eigenvalue weighted by molar-refractivity contribution is 0.423. The number of nitrogens with zero attached hydrogens (tertiary/aromatic N) is 2. The summed E-state index contributed by atoms with van der Waals surface area (Å²) in [4.78, 5) is 0. The summed E-state index contributed by atoms with van der Waals surface area (Å²) < 4.78 is 1.99. The number of rotatable bonds is 4. The molecule has 0 radical (unpaired) electrons. The van der Waals surface area contributed by atoms with Crippen molar-refractivity contribution in [3.8, 4) is 0 Å². The van der Waals surface area contributed by atoms with Gasteiger partial charge in [-0.25, -0.2) is 0 Å². The third-order valence-corrected chi connectivity index (χ3v) is 2.44. The maximum absolute atomic E-state index is 4.31. The lowest BCUT2D eigenvalue weighted by Crippen LogP contribution is -2.35. The number of aryl methyl sites for hydroxylation is 1. The number of nitrogens with one attached hydrogen (secondary N) is 1. The highest BCUT2D eigenvalue weighted by Gasteiger charge is 2.12. The molecular formula is C12H23N3. The summed E-state index contributed by atoms with van der Waals surface area (Å²) in [7, 11) is 2.02. The first-order chi connectivity index (χ1) is 6.94. The topological polar surface area (TPSA) is 29.9 Å². The molecule has 1 aromatic rings. The van der Waals surface area contributed by atoms with Gasteiger partial charge in [0.05, 0.1) is 6.20 Å². The molecule has 0 aromatic carbocycles. The molecule has 3 heteroatoms. The van der Waals surface area contributed by atoms with Crippen LogP contribution in [0.3, 0.4) is 0 Å². The van der Waals surface area contributed by atoms with Crippen LogP contribution in [0.25, 0.3) is 0 Å². The van der Waals surface area contributed by atoms with Crippen LogP contribution in [-0.4, -0.2) is 15.3 Å². The highest BCUT2D eigenvalue weighted by Crippen LogP contribution is 2.11. The molecule has 0 aliphatic carbocycles. The van der Waals surface area contributed by atoms with Crippen LogP contribution in [0.4, 0.5) is 0 Å². The lowest BCUT2D eigenvalue weighted by atomic mass is 10.1. The van der Waals surface area contributed by atoms with Gasteiger partial charge in [-0.05, 0) is 27.2 Å². The molecule has 1 heterocycles. The van der Waals surface area contributed by atoms with Crippen molar-refractivity contribution in [2.24, 2.45) is 7.05 Å². The van der Waals surface area contributed by atoms with Crippen LogP contribution >= 0.6 is 0 Å². The summed E-state index contributed by atoms with van der Waals surface area (Å²) in [6.45, 7) is 9.66. The molecule has 1 aromatic heterocycles. The molecule has 0 bridgehead atoms. The second-order valence-electron chi connectivity index (χ2n) is 5.09. The molecule has 1 N–H and O–H groups in total. The first-order valence-corrected chi connectivity index (χ1v) is 5.69. The fraction of sp³-hybridized carbons (Fsp3) is 0.750. The van der Waals surface area contributed by atoms with Crippen LogP contribution in [0.1, 0.15) is 45.4 Å². The van der Waals surface area contributed by atoms with Gasteiger partial charge in [-0.3, -0.25) is 4.68 Å². The van der Waals surface area contributed by atoms with Crippen LogP contribution in [0.2, 0.25) is 0 Å². The predicted octanol–water partition coefficient (Wildman–Crippen LogP) is 2.26. The fourth-order valence-electron chi connectivity index (χ4n) is 1.58. The summed E-state index contributed by atoms with van der Waals surface area (Å²) >= 11 is 0. The van der Waals surface area contributed by atoms with Crippen molar-refractivity contribution in [1.82, 2.24) is 15.1 Å². The van der Waals surface area contributed by atoms with Gasteiger partial charge < -0.3 is 5.32 Å². The summed E-state index contributed by atoms with van der Waals surface area (Å²) in [6, 6.07) is 0. The molecule has 0 fully saturated rings. The molecule has 3 nitrogen and oxygen atoms in total. The summed E-state index contributed by atoms with van der Waals surface area (Å²) in [6.07, 6.45) is 4.25. The Morgan fingerprint density at radius 2 is 2.07 bits per heavy atom. The smallest absolute Gasteiger partial charge is 0.0537 e.